The molecule has 2 N–H and O–H groups in total. The molecule has 6 heteroatoms. The molecule has 0 aliphatic heterocycles. The van der Waals surface area contributed by atoms with Crippen molar-refractivity contribution in [3.05, 3.63) is 34.1 Å². The molecule has 0 radical (unpaired) electrons. The zero-order chi connectivity index (χ0) is 19.0. The number of nitrogens with two attached hydrogens (primary N) is 1. The molecule has 2 nitrogen and oxygen atoms in total. The van der Waals surface area contributed by atoms with Gasteiger partial charge in [-0.25, -0.2) is 13.2 Å². The molecule has 1 aromatic carbocycles. The lowest BCUT2D eigenvalue weighted by Gasteiger charge is -2.55. The van der Waals surface area contributed by atoms with Crippen molar-refractivity contribution in [1.29, 1.82) is 0 Å². The van der Waals surface area contributed by atoms with E-state index in [0.29, 0.717) is 23.7 Å². The number of hydrogen-bond acceptors (Lipinski definition) is 1. The van der Waals surface area contributed by atoms with Crippen LogP contribution in [0.15, 0.2) is 27.7 Å². The summed E-state index contributed by atoms with van der Waals surface area (Å²) in [6.45, 7) is 6.52. The van der Waals surface area contributed by atoms with Gasteiger partial charge in [-0.2, -0.15) is 0 Å². The normalized spacial score (nSPS) is 21.4. The number of halogens is 4. The molecule has 0 bridgehead atoms. The molecule has 1 saturated carbocycles. The fourth-order valence-corrected chi connectivity index (χ4v) is 4.43. The molecule has 1 aliphatic carbocycles. The van der Waals surface area contributed by atoms with Crippen LogP contribution in [0.3, 0.4) is 0 Å². The number of alkyl halides is 2. The predicted octanol–water partition coefficient (Wildman–Crippen LogP) is 6.03. The number of rotatable bonds is 6. The number of benzene rings is 1. The van der Waals surface area contributed by atoms with Gasteiger partial charge in [0.1, 0.15) is 5.82 Å². The third-order valence-electron chi connectivity index (χ3n) is 5.89. The summed E-state index contributed by atoms with van der Waals surface area (Å²) in [5.41, 5.74) is 2.31. The van der Waals surface area contributed by atoms with E-state index in [1.165, 1.54) is 32.0 Å². The second kappa shape index (κ2) is 6.93. The van der Waals surface area contributed by atoms with E-state index in [4.69, 9.17) is 5.73 Å². The Morgan fingerprint density at radius 2 is 2.00 bits per heavy atom. The Morgan fingerprint density at radius 3 is 2.44 bits per heavy atom. The van der Waals surface area contributed by atoms with E-state index in [0.717, 1.165) is 6.42 Å². The van der Waals surface area contributed by atoms with E-state index in [2.05, 4.69) is 20.9 Å². The van der Waals surface area contributed by atoms with Crippen molar-refractivity contribution in [2.24, 2.45) is 22.1 Å². The molecule has 0 spiro atoms. The summed E-state index contributed by atoms with van der Waals surface area (Å²) in [6.07, 6.45) is 2.22. The monoisotopic (exact) mass is 418 g/mol. The Morgan fingerprint density at radius 1 is 1.40 bits per heavy atom. The zero-order valence-corrected chi connectivity index (χ0v) is 16.8. The van der Waals surface area contributed by atoms with E-state index < -0.39 is 22.7 Å². The second-order valence-electron chi connectivity index (χ2n) is 7.34. The highest BCUT2D eigenvalue weighted by Crippen LogP contribution is 2.64. The first-order chi connectivity index (χ1) is 11.5. The highest BCUT2D eigenvalue weighted by Gasteiger charge is 2.68. The van der Waals surface area contributed by atoms with Crippen molar-refractivity contribution in [3.63, 3.8) is 0 Å². The Bertz CT molecular complexity index is 667. The van der Waals surface area contributed by atoms with Gasteiger partial charge < -0.3 is 5.73 Å². The zero-order valence-electron chi connectivity index (χ0n) is 15.2. The Balaban J connectivity index is 2.72. The number of nitrogens with zero attached hydrogens (tertiary/aromatic N) is 1. The van der Waals surface area contributed by atoms with Gasteiger partial charge in [-0.05, 0) is 50.8 Å². The standard InChI is InChI=1S/C19H26BrF3N2/c1-5-12(2)18(9-6-10-18)19(22,23)17(4,25-13(3)24)15-11-14(20)7-8-16(15)21/h7-8,11-12H,5-6,9-10H2,1-4H3,(H2,24,25)/t12?,17-/m1/s1. The first-order valence-corrected chi connectivity index (χ1v) is 9.46. The Kier molecular flexibility index (Phi) is 5.62. The van der Waals surface area contributed by atoms with Crippen molar-refractivity contribution >= 4 is 21.8 Å². The minimum absolute atomic E-state index is 0.0141. The quantitative estimate of drug-likeness (QED) is 0.444. The number of amidine groups is 1. The van der Waals surface area contributed by atoms with Crippen LogP contribution in [0.4, 0.5) is 13.2 Å². The molecular weight excluding hydrogens is 393 g/mol. The fourth-order valence-electron chi connectivity index (χ4n) is 4.07. The smallest absolute Gasteiger partial charge is 0.282 e. The molecular formula is C19H26BrF3N2. The minimum Gasteiger partial charge on any atom is -0.388 e. The lowest BCUT2D eigenvalue weighted by molar-refractivity contribution is -0.227. The molecule has 25 heavy (non-hydrogen) atoms. The molecule has 0 heterocycles. The summed E-state index contributed by atoms with van der Waals surface area (Å²) in [6, 6.07) is 4.06. The van der Waals surface area contributed by atoms with E-state index in [9.17, 15) is 4.39 Å². The van der Waals surface area contributed by atoms with E-state index in [1.54, 1.807) is 0 Å². The van der Waals surface area contributed by atoms with Gasteiger partial charge in [0.2, 0.25) is 0 Å². The predicted molar refractivity (Wildman–Crippen MR) is 99.4 cm³/mol. The summed E-state index contributed by atoms with van der Waals surface area (Å²) < 4.78 is 47.2. The molecule has 1 aliphatic rings. The average Bonchev–Trinajstić information content (AvgIpc) is 2.46. The average molecular weight is 419 g/mol. The van der Waals surface area contributed by atoms with Gasteiger partial charge in [0.05, 0.1) is 5.84 Å². The van der Waals surface area contributed by atoms with E-state index >= 15 is 8.78 Å². The Labute approximate surface area is 156 Å². The van der Waals surface area contributed by atoms with E-state index in [-0.39, 0.29) is 17.3 Å². The van der Waals surface area contributed by atoms with Crippen LogP contribution in [0.5, 0.6) is 0 Å². The third kappa shape index (κ3) is 3.11. The summed E-state index contributed by atoms with van der Waals surface area (Å²) in [5.74, 6) is -4.12. The van der Waals surface area contributed by atoms with Crippen LogP contribution in [0.1, 0.15) is 58.9 Å². The highest BCUT2D eigenvalue weighted by atomic mass is 79.9. The largest absolute Gasteiger partial charge is 0.388 e. The van der Waals surface area contributed by atoms with Gasteiger partial charge in [-0.15, -0.1) is 0 Å². The molecule has 0 aromatic heterocycles. The van der Waals surface area contributed by atoms with Crippen molar-refractivity contribution in [3.8, 4) is 0 Å². The summed E-state index contributed by atoms with van der Waals surface area (Å²) >= 11 is 3.25. The van der Waals surface area contributed by atoms with Gasteiger partial charge >= 0.3 is 0 Å². The molecule has 0 saturated heterocycles. The van der Waals surface area contributed by atoms with Gasteiger partial charge in [0.25, 0.3) is 5.92 Å². The fraction of sp³-hybridized carbons (Fsp3) is 0.632. The van der Waals surface area contributed by atoms with Crippen LogP contribution in [0.25, 0.3) is 0 Å². The Hall–Kier alpha value is -1.04. The summed E-state index contributed by atoms with van der Waals surface area (Å²) in [4.78, 5) is 4.10. The van der Waals surface area contributed by atoms with Gasteiger partial charge in [0, 0.05) is 15.5 Å². The number of aliphatic imine (C=N–C) groups is 1. The van der Waals surface area contributed by atoms with Gasteiger partial charge in [-0.1, -0.05) is 42.6 Å². The molecule has 1 unspecified atom stereocenters. The topological polar surface area (TPSA) is 38.4 Å². The maximum Gasteiger partial charge on any atom is 0.282 e. The lowest BCUT2D eigenvalue weighted by Crippen LogP contribution is -2.60. The SMILES string of the molecule is CCC(C)C1(C(F)(F)[C@](C)(N=C(C)N)c2cc(Br)ccc2F)CCC1. The molecule has 2 rings (SSSR count). The minimum atomic E-state index is -3.24. The van der Waals surface area contributed by atoms with E-state index in [1.807, 2.05) is 13.8 Å². The maximum atomic E-state index is 16.0. The molecule has 140 valence electrons. The summed E-state index contributed by atoms with van der Waals surface area (Å²) in [5, 5.41) is 0. The van der Waals surface area contributed by atoms with Crippen LogP contribution < -0.4 is 5.73 Å². The van der Waals surface area contributed by atoms with Crippen molar-refractivity contribution in [2.75, 3.05) is 0 Å². The van der Waals surface area contributed by atoms with Crippen LogP contribution in [0, 0.1) is 17.2 Å². The third-order valence-corrected chi connectivity index (χ3v) is 6.38. The van der Waals surface area contributed by atoms with Crippen LogP contribution in [0.2, 0.25) is 0 Å². The van der Waals surface area contributed by atoms with Crippen molar-refractivity contribution in [2.45, 2.75) is 64.8 Å². The van der Waals surface area contributed by atoms with Gasteiger partial charge in [0.15, 0.2) is 5.54 Å². The second-order valence-corrected chi connectivity index (χ2v) is 8.26. The molecule has 0 amide bonds. The van der Waals surface area contributed by atoms with Crippen molar-refractivity contribution < 1.29 is 13.2 Å². The highest BCUT2D eigenvalue weighted by molar-refractivity contribution is 9.10. The first kappa shape index (κ1) is 20.3. The molecule has 1 fully saturated rings. The van der Waals surface area contributed by atoms with Crippen LogP contribution in [-0.4, -0.2) is 11.8 Å². The first-order valence-electron chi connectivity index (χ1n) is 8.67. The van der Waals surface area contributed by atoms with Crippen molar-refractivity contribution in [1.82, 2.24) is 0 Å². The van der Waals surface area contributed by atoms with Gasteiger partial charge in [-0.3, -0.25) is 4.99 Å². The van der Waals surface area contributed by atoms with Crippen LogP contribution in [-0.2, 0) is 5.54 Å². The maximum absolute atomic E-state index is 16.0. The lowest BCUT2D eigenvalue weighted by atomic mass is 9.53. The molecule has 2 atom stereocenters. The van der Waals surface area contributed by atoms with Crippen LogP contribution >= 0.6 is 15.9 Å². The number of hydrogen-bond donors (Lipinski definition) is 1. The molecule has 1 aromatic rings. The summed E-state index contributed by atoms with van der Waals surface area (Å²) in [7, 11) is 0.